The molecule has 0 saturated heterocycles. The largest absolute Gasteiger partial charge is 0.416 e. The van der Waals surface area contributed by atoms with E-state index in [1.165, 1.54) is 48.5 Å². The van der Waals surface area contributed by atoms with Crippen molar-refractivity contribution in [3.63, 3.8) is 0 Å². The Hall–Kier alpha value is -3.08. The smallest absolute Gasteiger partial charge is 0.321 e. The number of sulfonamides is 1. The van der Waals surface area contributed by atoms with Crippen molar-refractivity contribution >= 4 is 60.3 Å². The average Bonchev–Trinajstić information content (AvgIpc) is 3.17. The van der Waals surface area contributed by atoms with Crippen LogP contribution < -0.4 is 10.0 Å². The Bertz CT molecular complexity index is 1450. The number of hydrogen-bond donors (Lipinski definition) is 2. The van der Waals surface area contributed by atoms with E-state index in [-0.39, 0.29) is 15.5 Å². The molecule has 1 aromatic heterocycles. The fraction of sp³-hybridized carbons (Fsp3) is 0.0455. The third kappa shape index (κ3) is 5.29. The van der Waals surface area contributed by atoms with E-state index < -0.39 is 27.7 Å². The van der Waals surface area contributed by atoms with Gasteiger partial charge in [-0.15, -0.1) is 11.3 Å². The van der Waals surface area contributed by atoms with Crippen LogP contribution in [0.2, 0.25) is 5.02 Å². The van der Waals surface area contributed by atoms with Crippen LogP contribution >= 0.6 is 22.9 Å². The highest BCUT2D eigenvalue weighted by molar-refractivity contribution is 7.92. The maximum atomic E-state index is 12.9. The van der Waals surface area contributed by atoms with Crippen LogP contribution in [0.15, 0.2) is 77.7 Å². The molecule has 0 spiro atoms. The number of amides is 1. The van der Waals surface area contributed by atoms with Gasteiger partial charge in [0.15, 0.2) is 0 Å². The van der Waals surface area contributed by atoms with E-state index in [4.69, 9.17) is 11.6 Å². The first-order valence-corrected chi connectivity index (χ1v) is 12.0. The summed E-state index contributed by atoms with van der Waals surface area (Å²) < 4.78 is 66.8. The molecule has 33 heavy (non-hydrogen) atoms. The second-order valence-corrected chi connectivity index (χ2v) is 10.2. The minimum Gasteiger partial charge on any atom is -0.321 e. The molecule has 0 unspecified atom stereocenters. The van der Waals surface area contributed by atoms with Crippen molar-refractivity contribution in [2.45, 2.75) is 11.1 Å². The molecule has 0 aliphatic carbocycles. The molecule has 0 aliphatic heterocycles. The lowest BCUT2D eigenvalue weighted by atomic mass is 10.1. The normalized spacial score (nSPS) is 12.0. The SMILES string of the molecule is O=C(Nc1cccc(NS(=O)(=O)c2ccc(Cl)cc2)c1)c1cc2cc(C(F)(F)F)ccc2s1. The van der Waals surface area contributed by atoms with Crippen molar-refractivity contribution in [1.29, 1.82) is 0 Å². The molecule has 0 radical (unpaired) electrons. The van der Waals surface area contributed by atoms with E-state index in [1.807, 2.05) is 0 Å². The van der Waals surface area contributed by atoms with Crippen molar-refractivity contribution < 1.29 is 26.4 Å². The molecule has 1 amide bonds. The zero-order valence-corrected chi connectivity index (χ0v) is 18.9. The molecule has 1 heterocycles. The van der Waals surface area contributed by atoms with Gasteiger partial charge in [-0.05, 0) is 72.1 Å². The van der Waals surface area contributed by atoms with Gasteiger partial charge < -0.3 is 5.32 Å². The monoisotopic (exact) mass is 510 g/mol. The number of halogens is 4. The van der Waals surface area contributed by atoms with Crippen LogP contribution in [0.5, 0.6) is 0 Å². The van der Waals surface area contributed by atoms with Crippen LogP contribution in [0.1, 0.15) is 15.2 Å². The van der Waals surface area contributed by atoms with Gasteiger partial charge in [0, 0.05) is 15.4 Å². The Labute approximate surface area is 195 Å². The molecule has 0 bridgehead atoms. The van der Waals surface area contributed by atoms with Crippen LogP contribution in [0.4, 0.5) is 24.5 Å². The van der Waals surface area contributed by atoms with Crippen LogP contribution in [0.25, 0.3) is 10.1 Å². The van der Waals surface area contributed by atoms with E-state index in [0.717, 1.165) is 23.5 Å². The zero-order valence-electron chi connectivity index (χ0n) is 16.5. The third-order valence-corrected chi connectivity index (χ3v) is 7.33. The number of rotatable bonds is 5. The summed E-state index contributed by atoms with van der Waals surface area (Å²) in [4.78, 5) is 12.9. The van der Waals surface area contributed by atoms with Crippen LogP contribution in [0, 0.1) is 0 Å². The Morgan fingerprint density at radius 2 is 1.61 bits per heavy atom. The maximum absolute atomic E-state index is 12.9. The average molecular weight is 511 g/mol. The fourth-order valence-corrected chi connectivity index (χ4v) is 5.13. The van der Waals surface area contributed by atoms with Crippen molar-refractivity contribution in [3.05, 3.63) is 88.3 Å². The predicted octanol–water partition coefficient (Wildman–Crippen LogP) is 6.63. The molecular weight excluding hydrogens is 497 g/mol. The topological polar surface area (TPSA) is 75.3 Å². The molecule has 0 saturated carbocycles. The van der Waals surface area contributed by atoms with E-state index in [1.54, 1.807) is 12.1 Å². The number of hydrogen-bond acceptors (Lipinski definition) is 4. The van der Waals surface area contributed by atoms with Crippen LogP contribution in [-0.2, 0) is 16.2 Å². The quantitative estimate of drug-likeness (QED) is 0.316. The molecule has 2 N–H and O–H groups in total. The number of carbonyl (C=O) groups is 1. The second kappa shape index (κ2) is 8.69. The third-order valence-electron chi connectivity index (χ3n) is 4.56. The predicted molar refractivity (Wildman–Crippen MR) is 123 cm³/mol. The first-order chi connectivity index (χ1) is 15.5. The summed E-state index contributed by atoms with van der Waals surface area (Å²) in [6.07, 6.45) is -4.47. The number of benzene rings is 3. The highest BCUT2D eigenvalue weighted by Crippen LogP contribution is 2.34. The Morgan fingerprint density at radius 3 is 2.30 bits per heavy atom. The van der Waals surface area contributed by atoms with Crippen LogP contribution in [-0.4, -0.2) is 14.3 Å². The van der Waals surface area contributed by atoms with Gasteiger partial charge in [0.05, 0.1) is 21.0 Å². The highest BCUT2D eigenvalue weighted by Gasteiger charge is 2.30. The summed E-state index contributed by atoms with van der Waals surface area (Å²) in [5.74, 6) is -0.525. The van der Waals surface area contributed by atoms with Gasteiger partial charge in [-0.3, -0.25) is 9.52 Å². The summed E-state index contributed by atoms with van der Waals surface area (Å²) >= 11 is 6.85. The molecular formula is C22H14ClF3N2O3S2. The van der Waals surface area contributed by atoms with Crippen molar-refractivity contribution in [2.75, 3.05) is 10.0 Å². The highest BCUT2D eigenvalue weighted by atomic mass is 35.5. The molecule has 0 fully saturated rings. The number of thiophene rings is 1. The Balaban J connectivity index is 1.52. The molecule has 5 nitrogen and oxygen atoms in total. The summed E-state index contributed by atoms with van der Waals surface area (Å²) in [6.45, 7) is 0. The lowest BCUT2D eigenvalue weighted by Crippen LogP contribution is -2.14. The molecule has 170 valence electrons. The van der Waals surface area contributed by atoms with Gasteiger partial charge in [0.2, 0.25) is 0 Å². The van der Waals surface area contributed by atoms with Crippen molar-refractivity contribution in [3.8, 4) is 0 Å². The van der Waals surface area contributed by atoms with Crippen molar-refractivity contribution in [2.24, 2.45) is 0 Å². The number of nitrogens with one attached hydrogen (secondary N) is 2. The van der Waals surface area contributed by atoms with E-state index in [0.29, 0.717) is 20.8 Å². The Kier molecular flexibility index (Phi) is 6.08. The number of fused-ring (bicyclic) bond motifs is 1. The summed E-state index contributed by atoms with van der Waals surface area (Å²) in [6, 6.07) is 16.4. The number of alkyl halides is 3. The first kappa shape index (κ1) is 23.1. The molecule has 0 atom stereocenters. The maximum Gasteiger partial charge on any atom is 0.416 e. The number of carbonyl (C=O) groups excluding carboxylic acids is 1. The Morgan fingerprint density at radius 1 is 0.909 bits per heavy atom. The summed E-state index contributed by atoms with van der Waals surface area (Å²) in [5.41, 5.74) is -0.265. The second-order valence-electron chi connectivity index (χ2n) is 6.96. The summed E-state index contributed by atoms with van der Waals surface area (Å²) in [7, 11) is -3.87. The molecule has 4 rings (SSSR count). The molecule has 3 aromatic carbocycles. The lowest BCUT2D eigenvalue weighted by Gasteiger charge is -2.10. The van der Waals surface area contributed by atoms with Crippen LogP contribution in [0.3, 0.4) is 0 Å². The van der Waals surface area contributed by atoms with E-state index >= 15 is 0 Å². The standard InChI is InChI=1S/C22H14ClF3N2O3S2/c23-15-5-7-18(8-6-15)33(30,31)28-17-3-1-2-16(12-17)27-21(29)20-11-13-10-14(22(24,25)26)4-9-19(13)32-20/h1-12,28H,(H,27,29). The summed E-state index contributed by atoms with van der Waals surface area (Å²) in [5, 5.41) is 3.34. The van der Waals surface area contributed by atoms with Gasteiger partial charge in [-0.1, -0.05) is 17.7 Å². The fourth-order valence-electron chi connectivity index (χ4n) is 3.01. The van der Waals surface area contributed by atoms with Crippen molar-refractivity contribution in [1.82, 2.24) is 0 Å². The first-order valence-electron chi connectivity index (χ1n) is 9.32. The minimum absolute atomic E-state index is 0.0184. The van der Waals surface area contributed by atoms with Gasteiger partial charge in [-0.2, -0.15) is 13.2 Å². The molecule has 4 aromatic rings. The number of anilines is 2. The van der Waals surface area contributed by atoms with Gasteiger partial charge >= 0.3 is 6.18 Å². The van der Waals surface area contributed by atoms with E-state index in [9.17, 15) is 26.4 Å². The zero-order chi connectivity index (χ0) is 23.8. The van der Waals surface area contributed by atoms with E-state index in [2.05, 4.69) is 10.0 Å². The minimum atomic E-state index is -4.47. The van der Waals surface area contributed by atoms with Gasteiger partial charge in [0.25, 0.3) is 15.9 Å². The molecule has 11 heteroatoms. The van der Waals surface area contributed by atoms with Gasteiger partial charge in [0.1, 0.15) is 0 Å². The van der Waals surface area contributed by atoms with Gasteiger partial charge in [-0.25, -0.2) is 8.42 Å². The molecule has 0 aliphatic rings. The lowest BCUT2D eigenvalue weighted by molar-refractivity contribution is -0.137.